The summed E-state index contributed by atoms with van der Waals surface area (Å²) in [6, 6.07) is 0.180. The van der Waals surface area contributed by atoms with E-state index in [1.807, 2.05) is 32.6 Å². The number of likely N-dealkylation sites (tertiary alicyclic amines) is 1. The number of carbonyl (C=O) groups excluding carboxylic acids is 3. The van der Waals surface area contributed by atoms with Gasteiger partial charge < -0.3 is 10.2 Å². The molecule has 24 heavy (non-hydrogen) atoms. The van der Waals surface area contributed by atoms with Gasteiger partial charge in [0.25, 0.3) is 0 Å². The SMILES string of the molecule is CC(C)NC(=O)CCCCCC(=O)N1CCCC(C(=O)C(C)C)C1. The molecule has 0 aromatic rings. The summed E-state index contributed by atoms with van der Waals surface area (Å²) in [5, 5.41) is 2.87. The summed E-state index contributed by atoms with van der Waals surface area (Å²) in [4.78, 5) is 37.8. The van der Waals surface area contributed by atoms with Crippen LogP contribution < -0.4 is 5.32 Å². The highest BCUT2D eigenvalue weighted by Gasteiger charge is 2.29. The molecule has 138 valence electrons. The summed E-state index contributed by atoms with van der Waals surface area (Å²) in [5.41, 5.74) is 0. The Morgan fingerprint density at radius 2 is 1.71 bits per heavy atom. The summed E-state index contributed by atoms with van der Waals surface area (Å²) in [5.74, 6) is 0.582. The number of ketones is 1. The van der Waals surface area contributed by atoms with E-state index in [9.17, 15) is 14.4 Å². The van der Waals surface area contributed by atoms with E-state index in [0.29, 0.717) is 19.4 Å². The first-order valence-electron chi connectivity index (χ1n) is 9.42. The van der Waals surface area contributed by atoms with Crippen LogP contribution in [-0.2, 0) is 14.4 Å². The second kappa shape index (κ2) is 10.5. The van der Waals surface area contributed by atoms with Crippen LogP contribution in [0.2, 0.25) is 0 Å². The molecule has 5 nitrogen and oxygen atoms in total. The van der Waals surface area contributed by atoms with Crippen molar-refractivity contribution in [2.24, 2.45) is 11.8 Å². The number of amides is 2. The summed E-state index contributed by atoms with van der Waals surface area (Å²) < 4.78 is 0. The van der Waals surface area contributed by atoms with Crippen molar-refractivity contribution in [1.82, 2.24) is 10.2 Å². The number of unbranched alkanes of at least 4 members (excludes halogenated alkanes) is 2. The molecule has 1 unspecified atom stereocenters. The standard InChI is InChI=1S/C19H34N2O3/c1-14(2)19(24)16-9-8-12-21(13-16)18(23)11-7-5-6-10-17(22)20-15(3)4/h14-16H,5-13H2,1-4H3,(H,20,22). The van der Waals surface area contributed by atoms with Crippen molar-refractivity contribution in [2.75, 3.05) is 13.1 Å². The molecule has 0 aromatic carbocycles. The number of nitrogens with zero attached hydrogens (tertiary/aromatic N) is 1. The smallest absolute Gasteiger partial charge is 0.222 e. The van der Waals surface area contributed by atoms with E-state index >= 15 is 0 Å². The predicted octanol–water partition coefficient (Wildman–Crippen LogP) is 2.93. The number of rotatable bonds is 9. The molecule has 5 heteroatoms. The molecule has 0 saturated carbocycles. The van der Waals surface area contributed by atoms with E-state index in [1.165, 1.54) is 0 Å². The molecule has 1 aliphatic rings. The molecule has 1 aliphatic heterocycles. The highest BCUT2D eigenvalue weighted by atomic mass is 16.2. The third-order valence-electron chi connectivity index (χ3n) is 4.49. The van der Waals surface area contributed by atoms with Crippen molar-refractivity contribution in [2.45, 2.75) is 78.7 Å². The zero-order chi connectivity index (χ0) is 18.1. The molecule has 1 N–H and O–H groups in total. The van der Waals surface area contributed by atoms with Gasteiger partial charge in [0, 0.05) is 43.8 Å². The first-order valence-corrected chi connectivity index (χ1v) is 9.42. The number of Topliss-reactive ketones (excluding diaryl/α,β-unsaturated/α-hetero) is 1. The lowest BCUT2D eigenvalue weighted by Gasteiger charge is -2.33. The Balaban J connectivity index is 2.23. The van der Waals surface area contributed by atoms with Crippen LogP contribution in [0.3, 0.4) is 0 Å². The first-order chi connectivity index (χ1) is 11.3. The molecular weight excluding hydrogens is 304 g/mol. The first kappa shape index (κ1) is 20.7. The van der Waals surface area contributed by atoms with E-state index in [2.05, 4.69) is 5.32 Å². The Kier molecular flexibility index (Phi) is 9.01. The van der Waals surface area contributed by atoms with Gasteiger partial charge in [-0.1, -0.05) is 20.3 Å². The maximum Gasteiger partial charge on any atom is 0.222 e. The molecule has 1 rings (SSSR count). The van der Waals surface area contributed by atoms with Gasteiger partial charge in [-0.25, -0.2) is 0 Å². The van der Waals surface area contributed by atoms with Gasteiger partial charge in [-0.2, -0.15) is 0 Å². The van der Waals surface area contributed by atoms with Crippen LogP contribution >= 0.6 is 0 Å². The lowest BCUT2D eigenvalue weighted by atomic mass is 9.88. The fraction of sp³-hybridized carbons (Fsp3) is 0.842. The summed E-state index contributed by atoms with van der Waals surface area (Å²) in [7, 11) is 0. The Morgan fingerprint density at radius 3 is 2.33 bits per heavy atom. The Morgan fingerprint density at radius 1 is 1.04 bits per heavy atom. The van der Waals surface area contributed by atoms with E-state index in [1.54, 1.807) is 0 Å². The number of hydrogen-bond donors (Lipinski definition) is 1. The molecule has 1 heterocycles. The minimum atomic E-state index is 0.0161. The average molecular weight is 338 g/mol. The molecule has 1 atom stereocenters. The van der Waals surface area contributed by atoms with Gasteiger partial charge in [0.15, 0.2) is 0 Å². The zero-order valence-electron chi connectivity index (χ0n) is 15.8. The maximum absolute atomic E-state index is 12.3. The molecule has 2 amide bonds. The molecule has 0 aromatic heterocycles. The summed E-state index contributed by atoms with van der Waals surface area (Å²) in [6.07, 6.45) is 5.40. The van der Waals surface area contributed by atoms with Crippen molar-refractivity contribution >= 4 is 17.6 Å². The fourth-order valence-electron chi connectivity index (χ4n) is 3.20. The van der Waals surface area contributed by atoms with E-state index in [4.69, 9.17) is 0 Å². The van der Waals surface area contributed by atoms with Crippen LogP contribution in [-0.4, -0.2) is 41.6 Å². The second-order valence-corrected chi connectivity index (χ2v) is 7.52. The fourth-order valence-corrected chi connectivity index (χ4v) is 3.20. The van der Waals surface area contributed by atoms with Gasteiger partial charge in [0.05, 0.1) is 0 Å². The number of nitrogens with one attached hydrogen (secondary N) is 1. The van der Waals surface area contributed by atoms with Crippen LogP contribution in [0.25, 0.3) is 0 Å². The van der Waals surface area contributed by atoms with Crippen molar-refractivity contribution in [3.8, 4) is 0 Å². The molecule has 0 radical (unpaired) electrons. The van der Waals surface area contributed by atoms with Gasteiger partial charge in [-0.05, 0) is 39.5 Å². The van der Waals surface area contributed by atoms with Crippen molar-refractivity contribution in [1.29, 1.82) is 0 Å². The summed E-state index contributed by atoms with van der Waals surface area (Å²) in [6.45, 7) is 9.13. The van der Waals surface area contributed by atoms with Crippen molar-refractivity contribution in [3.05, 3.63) is 0 Å². The van der Waals surface area contributed by atoms with Crippen LogP contribution in [0.15, 0.2) is 0 Å². The second-order valence-electron chi connectivity index (χ2n) is 7.52. The van der Waals surface area contributed by atoms with E-state index in [-0.39, 0.29) is 35.5 Å². The minimum absolute atomic E-state index is 0.0161. The highest BCUT2D eigenvalue weighted by Crippen LogP contribution is 2.21. The van der Waals surface area contributed by atoms with Gasteiger partial charge in [0.1, 0.15) is 5.78 Å². The van der Waals surface area contributed by atoms with Crippen LogP contribution in [0.4, 0.5) is 0 Å². The zero-order valence-corrected chi connectivity index (χ0v) is 15.8. The lowest BCUT2D eigenvalue weighted by molar-refractivity contribution is -0.136. The van der Waals surface area contributed by atoms with E-state index in [0.717, 1.165) is 38.6 Å². The van der Waals surface area contributed by atoms with E-state index < -0.39 is 0 Å². The maximum atomic E-state index is 12.3. The molecule has 0 spiro atoms. The average Bonchev–Trinajstić information content (AvgIpc) is 2.52. The van der Waals surface area contributed by atoms with Crippen LogP contribution in [0, 0.1) is 11.8 Å². The predicted molar refractivity (Wildman–Crippen MR) is 95.5 cm³/mol. The molecule has 0 bridgehead atoms. The van der Waals surface area contributed by atoms with Gasteiger partial charge in [-0.3, -0.25) is 14.4 Å². The highest BCUT2D eigenvalue weighted by molar-refractivity contribution is 5.84. The minimum Gasteiger partial charge on any atom is -0.354 e. The Labute approximate surface area is 146 Å². The quantitative estimate of drug-likeness (QED) is 0.657. The van der Waals surface area contributed by atoms with Crippen molar-refractivity contribution < 1.29 is 14.4 Å². The largest absolute Gasteiger partial charge is 0.354 e. The molecular formula is C19H34N2O3. The number of piperidine rings is 1. The topological polar surface area (TPSA) is 66.5 Å². The van der Waals surface area contributed by atoms with Crippen LogP contribution in [0.5, 0.6) is 0 Å². The Bertz CT molecular complexity index is 432. The van der Waals surface area contributed by atoms with Crippen LogP contribution in [0.1, 0.15) is 72.6 Å². The van der Waals surface area contributed by atoms with Gasteiger partial charge in [0.2, 0.25) is 11.8 Å². The van der Waals surface area contributed by atoms with Gasteiger partial charge in [-0.15, -0.1) is 0 Å². The molecule has 1 fully saturated rings. The summed E-state index contributed by atoms with van der Waals surface area (Å²) >= 11 is 0. The number of carbonyl (C=O) groups is 3. The monoisotopic (exact) mass is 338 g/mol. The third-order valence-corrected chi connectivity index (χ3v) is 4.49. The lowest BCUT2D eigenvalue weighted by Crippen LogP contribution is -2.43. The molecule has 1 saturated heterocycles. The third kappa shape index (κ3) is 7.45. The normalized spacial score (nSPS) is 18.1. The molecule has 0 aliphatic carbocycles. The van der Waals surface area contributed by atoms with Gasteiger partial charge >= 0.3 is 0 Å². The number of hydrogen-bond acceptors (Lipinski definition) is 3. The van der Waals surface area contributed by atoms with Crippen molar-refractivity contribution in [3.63, 3.8) is 0 Å². The Hall–Kier alpha value is -1.39.